The van der Waals surface area contributed by atoms with Crippen molar-refractivity contribution in [3.8, 4) is 23.0 Å². The number of phenols is 4. The van der Waals surface area contributed by atoms with Gasteiger partial charge >= 0.3 is 0 Å². The van der Waals surface area contributed by atoms with Gasteiger partial charge in [0, 0.05) is 5.41 Å². The van der Waals surface area contributed by atoms with Crippen LogP contribution in [0.25, 0.3) is 22.9 Å². The van der Waals surface area contributed by atoms with Crippen LogP contribution in [0.3, 0.4) is 0 Å². The Labute approximate surface area is 172 Å². The van der Waals surface area contributed by atoms with Crippen LogP contribution in [0.5, 0.6) is 23.0 Å². The molecule has 30 heavy (non-hydrogen) atoms. The number of phenolic OH excluding ortho intramolecular Hbond substituents is 4. The maximum absolute atomic E-state index is 10.2. The van der Waals surface area contributed by atoms with Gasteiger partial charge in [-0.15, -0.1) is 0 Å². The van der Waals surface area contributed by atoms with E-state index in [1.807, 2.05) is 12.1 Å². The van der Waals surface area contributed by atoms with Gasteiger partial charge in [-0.05, 0) is 75.2 Å². The Balaban J connectivity index is 1.83. The Morgan fingerprint density at radius 2 is 1.10 bits per heavy atom. The highest BCUT2D eigenvalue weighted by Gasteiger charge is 2.34. The molecule has 0 atom stereocenters. The van der Waals surface area contributed by atoms with Crippen molar-refractivity contribution in [3.05, 3.63) is 94.4 Å². The molecule has 0 saturated heterocycles. The van der Waals surface area contributed by atoms with Crippen LogP contribution in [-0.2, 0) is 5.41 Å². The van der Waals surface area contributed by atoms with Gasteiger partial charge in [-0.2, -0.15) is 0 Å². The summed E-state index contributed by atoms with van der Waals surface area (Å²) in [7, 11) is 0. The van der Waals surface area contributed by atoms with Gasteiger partial charge in [-0.3, -0.25) is 0 Å². The topological polar surface area (TPSA) is 80.9 Å². The Morgan fingerprint density at radius 1 is 0.567 bits per heavy atom. The molecule has 0 amide bonds. The smallest absolute Gasteiger partial charge is 0.157 e. The summed E-state index contributed by atoms with van der Waals surface area (Å²) < 4.78 is 0. The molecule has 4 N–H and O–H groups in total. The number of aromatic hydroxyl groups is 4. The van der Waals surface area contributed by atoms with Crippen LogP contribution >= 0.6 is 0 Å². The predicted molar refractivity (Wildman–Crippen MR) is 117 cm³/mol. The lowest BCUT2D eigenvalue weighted by Crippen LogP contribution is -2.37. The SMILES string of the molecule is Oc1ccc(C2(c3ccc(O)c(O)c3)C=c3cc4ccccc4cc3=CC2)cc1O. The summed E-state index contributed by atoms with van der Waals surface area (Å²) in [5.41, 5.74) is 0.863. The minimum absolute atomic E-state index is 0.186. The molecule has 1 aliphatic carbocycles. The van der Waals surface area contributed by atoms with E-state index >= 15 is 0 Å². The molecule has 0 unspecified atom stereocenters. The highest BCUT2D eigenvalue weighted by molar-refractivity contribution is 5.83. The molecule has 0 aromatic heterocycles. The molecule has 0 fully saturated rings. The van der Waals surface area contributed by atoms with E-state index < -0.39 is 5.41 Å². The quantitative estimate of drug-likeness (QED) is 0.390. The Hall–Kier alpha value is -3.92. The average Bonchev–Trinajstić information content (AvgIpc) is 2.75. The first-order valence-corrected chi connectivity index (χ1v) is 9.73. The van der Waals surface area contributed by atoms with Gasteiger partial charge < -0.3 is 20.4 Å². The lowest BCUT2D eigenvalue weighted by molar-refractivity contribution is 0.401. The zero-order valence-electron chi connectivity index (χ0n) is 16.1. The van der Waals surface area contributed by atoms with Crippen LogP contribution in [0.15, 0.2) is 72.8 Å². The Bertz CT molecular complexity index is 1370. The molecule has 1 aliphatic rings. The second kappa shape index (κ2) is 6.56. The van der Waals surface area contributed by atoms with Crippen LogP contribution in [0.2, 0.25) is 0 Å². The van der Waals surface area contributed by atoms with E-state index in [9.17, 15) is 20.4 Å². The summed E-state index contributed by atoms with van der Waals surface area (Å²) in [4.78, 5) is 0. The van der Waals surface area contributed by atoms with E-state index in [4.69, 9.17) is 0 Å². The van der Waals surface area contributed by atoms with E-state index in [-0.39, 0.29) is 23.0 Å². The van der Waals surface area contributed by atoms with Gasteiger partial charge in [0.1, 0.15) is 0 Å². The van der Waals surface area contributed by atoms with Crippen molar-refractivity contribution in [3.63, 3.8) is 0 Å². The summed E-state index contributed by atoms with van der Waals surface area (Å²) in [6.07, 6.45) is 4.87. The first-order chi connectivity index (χ1) is 14.5. The van der Waals surface area contributed by atoms with Crippen molar-refractivity contribution < 1.29 is 20.4 Å². The molecule has 5 rings (SSSR count). The third-order valence-corrected chi connectivity index (χ3v) is 5.98. The first kappa shape index (κ1) is 18.1. The maximum Gasteiger partial charge on any atom is 0.157 e. The minimum atomic E-state index is -0.689. The highest BCUT2D eigenvalue weighted by Crippen LogP contribution is 2.43. The van der Waals surface area contributed by atoms with Gasteiger partial charge in [0.25, 0.3) is 0 Å². The molecule has 4 aromatic rings. The third kappa shape index (κ3) is 2.77. The number of rotatable bonds is 2. The summed E-state index contributed by atoms with van der Waals surface area (Å²) >= 11 is 0. The molecule has 0 saturated carbocycles. The standard InChI is InChI=1S/C26H20O4/c27-22-7-5-20(13-24(22)29)26(21-6-8-23(28)25(30)14-21)10-9-18-11-16-3-1-2-4-17(16)12-19(18)15-26/h1-9,11-15,27-30H,10H2. The molecule has 0 bridgehead atoms. The fourth-order valence-electron chi connectivity index (χ4n) is 4.34. The van der Waals surface area contributed by atoms with Crippen LogP contribution in [-0.4, -0.2) is 20.4 Å². The molecule has 0 aliphatic heterocycles. The van der Waals surface area contributed by atoms with Crippen molar-refractivity contribution >= 4 is 22.9 Å². The van der Waals surface area contributed by atoms with Crippen molar-refractivity contribution in [1.29, 1.82) is 0 Å². The molecular weight excluding hydrogens is 376 g/mol. The van der Waals surface area contributed by atoms with Gasteiger partial charge in [0.2, 0.25) is 0 Å². The predicted octanol–water partition coefficient (Wildman–Crippen LogP) is 3.61. The second-order valence-electron chi connectivity index (χ2n) is 7.76. The summed E-state index contributed by atoms with van der Waals surface area (Å²) in [5.74, 6) is -0.776. The normalized spacial score (nSPS) is 14.5. The van der Waals surface area contributed by atoms with E-state index in [2.05, 4.69) is 36.4 Å². The molecular formula is C26H20O4. The van der Waals surface area contributed by atoms with Crippen molar-refractivity contribution in [2.45, 2.75) is 11.8 Å². The largest absolute Gasteiger partial charge is 0.504 e. The van der Waals surface area contributed by atoms with Gasteiger partial charge in [0.05, 0.1) is 0 Å². The molecule has 4 heteroatoms. The van der Waals surface area contributed by atoms with E-state index in [0.29, 0.717) is 6.42 Å². The Morgan fingerprint density at radius 3 is 1.63 bits per heavy atom. The van der Waals surface area contributed by atoms with Crippen LogP contribution in [0.4, 0.5) is 0 Å². The fraction of sp³-hybridized carbons (Fsp3) is 0.0769. The van der Waals surface area contributed by atoms with Crippen molar-refractivity contribution in [1.82, 2.24) is 0 Å². The molecule has 0 spiro atoms. The number of benzene rings is 4. The molecule has 148 valence electrons. The lowest BCUT2D eigenvalue weighted by Gasteiger charge is -2.33. The maximum atomic E-state index is 10.2. The van der Waals surface area contributed by atoms with Crippen molar-refractivity contribution in [2.75, 3.05) is 0 Å². The summed E-state index contributed by atoms with van der Waals surface area (Å²) in [6, 6.07) is 22.1. The number of fused-ring (bicyclic) bond motifs is 2. The van der Waals surface area contributed by atoms with Crippen LogP contribution < -0.4 is 10.4 Å². The van der Waals surface area contributed by atoms with Crippen molar-refractivity contribution in [2.24, 2.45) is 0 Å². The Kier molecular flexibility index (Phi) is 3.97. The average molecular weight is 396 g/mol. The summed E-state index contributed by atoms with van der Waals surface area (Å²) in [6.45, 7) is 0. The van der Waals surface area contributed by atoms with E-state index in [0.717, 1.165) is 32.3 Å². The number of hydrogen-bond donors (Lipinski definition) is 4. The first-order valence-electron chi connectivity index (χ1n) is 9.73. The van der Waals surface area contributed by atoms with E-state index in [1.54, 1.807) is 24.3 Å². The molecule has 0 heterocycles. The zero-order valence-corrected chi connectivity index (χ0v) is 16.1. The van der Waals surface area contributed by atoms with E-state index in [1.165, 1.54) is 12.1 Å². The molecule has 4 nitrogen and oxygen atoms in total. The molecule has 4 aromatic carbocycles. The third-order valence-electron chi connectivity index (χ3n) is 5.98. The number of hydrogen-bond acceptors (Lipinski definition) is 4. The highest BCUT2D eigenvalue weighted by atomic mass is 16.3. The zero-order chi connectivity index (χ0) is 20.9. The van der Waals surface area contributed by atoms with Crippen LogP contribution in [0.1, 0.15) is 17.5 Å². The minimum Gasteiger partial charge on any atom is -0.504 e. The monoisotopic (exact) mass is 396 g/mol. The summed E-state index contributed by atoms with van der Waals surface area (Å²) in [5, 5.41) is 44.4. The van der Waals surface area contributed by atoms with Gasteiger partial charge in [0.15, 0.2) is 23.0 Å². The molecule has 0 radical (unpaired) electrons. The lowest BCUT2D eigenvalue weighted by atomic mass is 9.69. The second-order valence-corrected chi connectivity index (χ2v) is 7.76. The van der Waals surface area contributed by atoms with Gasteiger partial charge in [-0.1, -0.05) is 48.6 Å². The van der Waals surface area contributed by atoms with Gasteiger partial charge in [-0.25, -0.2) is 0 Å². The van der Waals surface area contributed by atoms with Crippen LogP contribution in [0, 0.1) is 0 Å². The fourth-order valence-corrected chi connectivity index (χ4v) is 4.34.